The van der Waals surface area contributed by atoms with Crippen LogP contribution in [0.4, 0.5) is 0 Å². The Kier molecular flexibility index (Phi) is 9.43. The number of amides is 2. The molecule has 32 heavy (non-hydrogen) atoms. The summed E-state index contributed by atoms with van der Waals surface area (Å²) in [5.41, 5.74) is 1.14. The lowest BCUT2D eigenvalue weighted by Crippen LogP contribution is -2.54. The number of halogens is 3. The van der Waals surface area contributed by atoms with E-state index < -0.39 is 11.6 Å². The highest BCUT2D eigenvalue weighted by Gasteiger charge is 2.31. The molecule has 2 amide bonds. The SMILES string of the molecule is CC[C@H](C(=O)NC(C)(C)C)N(Cc1c(Cl)cccc1Cl)C(=O)COc1ccc(Br)c(C)c1. The van der Waals surface area contributed by atoms with Gasteiger partial charge in [0.15, 0.2) is 6.61 Å². The van der Waals surface area contributed by atoms with E-state index in [-0.39, 0.29) is 25.0 Å². The van der Waals surface area contributed by atoms with Crippen LogP contribution in [0.25, 0.3) is 0 Å². The third-order valence-corrected chi connectivity index (χ3v) is 6.36. The van der Waals surface area contributed by atoms with Crippen LogP contribution in [0, 0.1) is 6.92 Å². The molecule has 0 saturated heterocycles. The Morgan fingerprint density at radius 2 is 1.78 bits per heavy atom. The molecule has 0 aromatic heterocycles. The first-order valence-electron chi connectivity index (χ1n) is 10.4. The standard InChI is InChI=1S/C24H29BrCl2N2O3/c1-6-21(23(31)28-24(3,4)5)29(13-17-19(26)8-7-9-20(17)27)22(30)14-32-16-10-11-18(25)15(2)12-16/h7-12,21H,6,13-14H2,1-5H3,(H,28,31)/t21-/m1/s1. The molecule has 0 saturated carbocycles. The normalized spacial score (nSPS) is 12.2. The van der Waals surface area contributed by atoms with Gasteiger partial charge in [-0.1, -0.05) is 52.1 Å². The molecule has 0 aliphatic heterocycles. The van der Waals surface area contributed by atoms with Crippen molar-refractivity contribution in [2.75, 3.05) is 6.61 Å². The number of nitrogens with zero attached hydrogens (tertiary/aromatic N) is 1. The van der Waals surface area contributed by atoms with Crippen LogP contribution in [-0.4, -0.2) is 34.9 Å². The third kappa shape index (κ3) is 7.39. The quantitative estimate of drug-likeness (QED) is 0.433. The number of carbonyl (C=O) groups excluding carboxylic acids is 2. The number of ether oxygens (including phenoxy) is 1. The molecule has 0 aliphatic carbocycles. The lowest BCUT2D eigenvalue weighted by Gasteiger charge is -2.33. The van der Waals surface area contributed by atoms with Gasteiger partial charge in [-0.2, -0.15) is 0 Å². The monoisotopic (exact) mass is 542 g/mol. The van der Waals surface area contributed by atoms with Gasteiger partial charge in [0.2, 0.25) is 5.91 Å². The summed E-state index contributed by atoms with van der Waals surface area (Å²) in [5, 5.41) is 3.84. The molecule has 0 spiro atoms. The van der Waals surface area contributed by atoms with Gasteiger partial charge in [-0.3, -0.25) is 9.59 Å². The maximum Gasteiger partial charge on any atom is 0.261 e. The van der Waals surface area contributed by atoms with E-state index >= 15 is 0 Å². The fourth-order valence-corrected chi connectivity index (χ4v) is 3.92. The molecular formula is C24H29BrCl2N2O3. The first kappa shape index (κ1) is 26.5. The highest BCUT2D eigenvalue weighted by Crippen LogP contribution is 2.27. The maximum atomic E-state index is 13.3. The Morgan fingerprint density at radius 3 is 2.31 bits per heavy atom. The molecule has 0 unspecified atom stereocenters. The van der Waals surface area contributed by atoms with Gasteiger partial charge in [-0.25, -0.2) is 0 Å². The van der Waals surface area contributed by atoms with Crippen LogP contribution in [-0.2, 0) is 16.1 Å². The molecule has 0 radical (unpaired) electrons. The van der Waals surface area contributed by atoms with E-state index in [1.54, 1.807) is 24.3 Å². The second-order valence-corrected chi connectivity index (χ2v) is 10.3. The van der Waals surface area contributed by atoms with Crippen molar-refractivity contribution in [2.45, 2.75) is 59.2 Å². The summed E-state index contributed by atoms with van der Waals surface area (Å²) >= 11 is 16.2. The number of hydrogen-bond acceptors (Lipinski definition) is 3. The summed E-state index contributed by atoms with van der Waals surface area (Å²) < 4.78 is 6.70. The topological polar surface area (TPSA) is 58.6 Å². The molecule has 2 aromatic rings. The van der Waals surface area contributed by atoms with Crippen molar-refractivity contribution in [2.24, 2.45) is 0 Å². The van der Waals surface area contributed by atoms with Crippen molar-refractivity contribution < 1.29 is 14.3 Å². The van der Waals surface area contributed by atoms with Crippen molar-refractivity contribution in [3.63, 3.8) is 0 Å². The van der Waals surface area contributed by atoms with Crippen LogP contribution < -0.4 is 10.1 Å². The van der Waals surface area contributed by atoms with Crippen molar-refractivity contribution in [3.05, 3.63) is 62.0 Å². The van der Waals surface area contributed by atoms with Gasteiger partial charge in [0.1, 0.15) is 11.8 Å². The molecule has 1 N–H and O–H groups in total. The average molecular weight is 544 g/mol. The molecule has 0 aliphatic rings. The van der Waals surface area contributed by atoms with E-state index in [0.717, 1.165) is 10.0 Å². The molecule has 0 bridgehead atoms. The molecule has 2 aromatic carbocycles. The fourth-order valence-electron chi connectivity index (χ4n) is 3.16. The molecule has 174 valence electrons. The van der Waals surface area contributed by atoms with E-state index in [1.165, 1.54) is 4.90 Å². The Bertz CT molecular complexity index is 956. The smallest absolute Gasteiger partial charge is 0.261 e. The van der Waals surface area contributed by atoms with E-state index in [1.807, 2.05) is 46.8 Å². The fraction of sp³-hybridized carbons (Fsp3) is 0.417. The van der Waals surface area contributed by atoms with Crippen molar-refractivity contribution >= 4 is 50.9 Å². The molecule has 5 nitrogen and oxygen atoms in total. The Balaban J connectivity index is 2.31. The van der Waals surface area contributed by atoms with E-state index in [0.29, 0.717) is 27.8 Å². The Hall–Kier alpha value is -1.76. The van der Waals surface area contributed by atoms with Crippen molar-refractivity contribution in [1.29, 1.82) is 0 Å². The zero-order valence-corrected chi connectivity index (χ0v) is 22.1. The predicted octanol–water partition coefficient (Wildman–Crippen LogP) is 6.17. The van der Waals surface area contributed by atoms with Crippen LogP contribution in [0.2, 0.25) is 10.0 Å². The van der Waals surface area contributed by atoms with E-state index in [9.17, 15) is 9.59 Å². The molecule has 8 heteroatoms. The minimum Gasteiger partial charge on any atom is -0.484 e. The van der Waals surface area contributed by atoms with Crippen LogP contribution in [0.5, 0.6) is 5.75 Å². The largest absolute Gasteiger partial charge is 0.484 e. The van der Waals surface area contributed by atoms with E-state index in [2.05, 4.69) is 21.2 Å². The Labute approximate surface area is 208 Å². The lowest BCUT2D eigenvalue weighted by molar-refractivity contribution is -0.143. The van der Waals surface area contributed by atoms with Crippen LogP contribution in [0.1, 0.15) is 45.2 Å². The number of aryl methyl sites for hydroxylation is 1. The van der Waals surface area contributed by atoms with Gasteiger partial charge in [-0.05, 0) is 70.0 Å². The van der Waals surface area contributed by atoms with Gasteiger partial charge >= 0.3 is 0 Å². The number of rotatable bonds is 8. The highest BCUT2D eigenvalue weighted by molar-refractivity contribution is 9.10. The van der Waals surface area contributed by atoms with Gasteiger partial charge < -0.3 is 15.0 Å². The minimum atomic E-state index is -0.704. The second-order valence-electron chi connectivity index (χ2n) is 8.58. The third-order valence-electron chi connectivity index (χ3n) is 4.77. The summed E-state index contributed by atoms with van der Waals surface area (Å²) in [4.78, 5) is 27.8. The van der Waals surface area contributed by atoms with Crippen LogP contribution >= 0.6 is 39.1 Å². The van der Waals surface area contributed by atoms with Gasteiger partial charge in [-0.15, -0.1) is 0 Å². The number of benzene rings is 2. The second kappa shape index (κ2) is 11.4. The number of carbonyl (C=O) groups is 2. The molecule has 2 rings (SSSR count). The maximum absolute atomic E-state index is 13.3. The number of hydrogen-bond donors (Lipinski definition) is 1. The summed E-state index contributed by atoms with van der Waals surface area (Å²) in [7, 11) is 0. The van der Waals surface area contributed by atoms with E-state index in [4.69, 9.17) is 27.9 Å². The molecule has 0 heterocycles. The first-order valence-corrected chi connectivity index (χ1v) is 11.9. The lowest BCUT2D eigenvalue weighted by atomic mass is 10.1. The summed E-state index contributed by atoms with van der Waals surface area (Å²) in [6.07, 6.45) is 0.424. The highest BCUT2D eigenvalue weighted by atomic mass is 79.9. The summed E-state index contributed by atoms with van der Waals surface area (Å²) in [6.45, 7) is 9.36. The zero-order chi connectivity index (χ0) is 24.1. The summed E-state index contributed by atoms with van der Waals surface area (Å²) in [5.74, 6) is -0.00422. The van der Waals surface area contributed by atoms with Crippen LogP contribution in [0.3, 0.4) is 0 Å². The number of nitrogens with one attached hydrogen (secondary N) is 1. The minimum absolute atomic E-state index is 0.0934. The molecule has 0 fully saturated rings. The van der Waals surface area contributed by atoms with Gasteiger partial charge in [0, 0.05) is 32.2 Å². The van der Waals surface area contributed by atoms with Crippen molar-refractivity contribution in [1.82, 2.24) is 10.2 Å². The van der Waals surface area contributed by atoms with Gasteiger partial charge in [0.25, 0.3) is 5.91 Å². The molecular weight excluding hydrogens is 515 g/mol. The predicted molar refractivity (Wildman–Crippen MR) is 133 cm³/mol. The van der Waals surface area contributed by atoms with Crippen LogP contribution in [0.15, 0.2) is 40.9 Å². The Morgan fingerprint density at radius 1 is 1.16 bits per heavy atom. The zero-order valence-electron chi connectivity index (χ0n) is 19.0. The average Bonchev–Trinajstić information content (AvgIpc) is 2.69. The van der Waals surface area contributed by atoms with Crippen molar-refractivity contribution in [3.8, 4) is 5.75 Å². The molecule has 1 atom stereocenters. The summed E-state index contributed by atoms with van der Waals surface area (Å²) in [6, 6.07) is 9.94. The first-order chi connectivity index (χ1) is 14.9. The van der Waals surface area contributed by atoms with Gasteiger partial charge in [0.05, 0.1) is 0 Å².